The van der Waals surface area contributed by atoms with E-state index in [4.69, 9.17) is 0 Å². The third-order valence-electron chi connectivity index (χ3n) is 6.88. The normalized spacial score (nSPS) is 19.6. The SMILES string of the molecule is CC(C)N(C(=O)O)C1CCC(Nc2cc(NC3CC3)c3ncc(C(=O)Nc4ccncc4F)n3n2)CC1. The summed E-state index contributed by atoms with van der Waals surface area (Å²) in [4.78, 5) is 34.4. The van der Waals surface area contributed by atoms with Gasteiger partial charge in [-0.25, -0.2) is 18.7 Å². The maximum absolute atomic E-state index is 14.0. The topological polar surface area (TPSA) is 137 Å². The standard InChI is InChI=1S/C25H31FN8O3/c1-14(2)33(25(36)37)17-7-5-16(6-8-17)30-22-11-20(29-15-3-4-15)23-28-13-21(34(23)32-22)24(35)31-19-9-10-27-12-18(19)26/h9-17,29H,3-8H2,1-2H3,(H,30,32)(H,36,37)(H,27,31,35). The highest BCUT2D eigenvalue weighted by Crippen LogP contribution is 2.31. The fourth-order valence-corrected chi connectivity index (χ4v) is 4.92. The number of pyridine rings is 1. The summed E-state index contributed by atoms with van der Waals surface area (Å²) >= 11 is 0. The summed E-state index contributed by atoms with van der Waals surface area (Å²) in [7, 11) is 0. The molecule has 0 radical (unpaired) electrons. The number of nitrogens with one attached hydrogen (secondary N) is 3. The summed E-state index contributed by atoms with van der Waals surface area (Å²) in [6.07, 6.45) is 8.21. The van der Waals surface area contributed by atoms with Crippen molar-refractivity contribution < 1.29 is 19.1 Å². The quantitative estimate of drug-likeness (QED) is 0.354. The Morgan fingerprint density at radius 1 is 1.08 bits per heavy atom. The number of amides is 2. The number of aromatic nitrogens is 4. The number of fused-ring (bicyclic) bond motifs is 1. The highest BCUT2D eigenvalue weighted by Gasteiger charge is 2.31. The zero-order chi connectivity index (χ0) is 26.1. The van der Waals surface area contributed by atoms with Crippen LogP contribution in [0.3, 0.4) is 0 Å². The molecule has 2 aliphatic carbocycles. The van der Waals surface area contributed by atoms with Gasteiger partial charge >= 0.3 is 6.09 Å². The van der Waals surface area contributed by atoms with E-state index in [1.54, 1.807) is 4.90 Å². The van der Waals surface area contributed by atoms with Crippen molar-refractivity contribution in [3.63, 3.8) is 0 Å². The molecule has 2 fully saturated rings. The lowest BCUT2D eigenvalue weighted by Gasteiger charge is -2.37. The van der Waals surface area contributed by atoms with E-state index in [2.05, 4.69) is 31.0 Å². The molecule has 5 rings (SSSR count). The van der Waals surface area contributed by atoms with Gasteiger partial charge in [0.15, 0.2) is 17.2 Å². The van der Waals surface area contributed by atoms with Crippen LogP contribution in [0.4, 0.5) is 26.4 Å². The Bertz CT molecular complexity index is 1300. The van der Waals surface area contributed by atoms with Gasteiger partial charge in [0.05, 0.1) is 23.8 Å². The minimum atomic E-state index is -0.883. The van der Waals surface area contributed by atoms with Crippen molar-refractivity contribution >= 4 is 34.8 Å². The summed E-state index contributed by atoms with van der Waals surface area (Å²) < 4.78 is 15.5. The number of carboxylic acid groups (broad SMARTS) is 1. The first-order chi connectivity index (χ1) is 17.8. The molecule has 0 atom stereocenters. The zero-order valence-electron chi connectivity index (χ0n) is 20.8. The molecule has 4 N–H and O–H groups in total. The number of carbonyl (C=O) groups excluding carboxylic acids is 1. The Morgan fingerprint density at radius 3 is 2.43 bits per heavy atom. The molecule has 12 heteroatoms. The van der Waals surface area contributed by atoms with E-state index in [0.29, 0.717) is 17.5 Å². The highest BCUT2D eigenvalue weighted by atomic mass is 19.1. The Morgan fingerprint density at radius 2 is 1.78 bits per heavy atom. The second-order valence-corrected chi connectivity index (χ2v) is 9.98. The average Bonchev–Trinajstić information content (AvgIpc) is 3.56. The van der Waals surface area contributed by atoms with Crippen LogP contribution in [-0.4, -0.2) is 65.8 Å². The molecule has 2 saturated carbocycles. The molecular weight excluding hydrogens is 479 g/mol. The van der Waals surface area contributed by atoms with Gasteiger partial charge in [-0.3, -0.25) is 9.78 Å². The lowest BCUT2D eigenvalue weighted by Crippen LogP contribution is -2.47. The van der Waals surface area contributed by atoms with Crippen LogP contribution in [-0.2, 0) is 0 Å². The zero-order valence-corrected chi connectivity index (χ0v) is 20.8. The number of hydrogen-bond acceptors (Lipinski definition) is 7. The van der Waals surface area contributed by atoms with Crippen LogP contribution in [0.15, 0.2) is 30.7 Å². The Hall–Kier alpha value is -3.96. The maximum Gasteiger partial charge on any atom is 0.407 e. The van der Waals surface area contributed by atoms with Gasteiger partial charge in [-0.05, 0) is 58.4 Å². The summed E-state index contributed by atoms with van der Waals surface area (Å²) in [6.45, 7) is 3.79. The second-order valence-electron chi connectivity index (χ2n) is 9.98. The van der Waals surface area contributed by atoms with E-state index < -0.39 is 17.8 Å². The van der Waals surface area contributed by atoms with E-state index in [1.807, 2.05) is 19.9 Å². The fraction of sp³-hybridized carbons (Fsp3) is 0.480. The molecule has 37 heavy (non-hydrogen) atoms. The van der Waals surface area contributed by atoms with Crippen LogP contribution in [0.1, 0.15) is 62.9 Å². The Kier molecular flexibility index (Phi) is 6.81. The van der Waals surface area contributed by atoms with Crippen LogP contribution in [0.5, 0.6) is 0 Å². The molecule has 3 aromatic heterocycles. The predicted octanol–water partition coefficient (Wildman–Crippen LogP) is 4.20. The first kappa shape index (κ1) is 24.7. The Labute approximate surface area is 213 Å². The molecule has 0 aliphatic heterocycles. The number of hydrogen-bond donors (Lipinski definition) is 4. The molecule has 0 unspecified atom stereocenters. The van der Waals surface area contributed by atoms with Crippen LogP contribution in [0.2, 0.25) is 0 Å². The smallest absolute Gasteiger partial charge is 0.407 e. The van der Waals surface area contributed by atoms with Crippen LogP contribution >= 0.6 is 0 Å². The first-order valence-corrected chi connectivity index (χ1v) is 12.6. The molecule has 2 amide bonds. The van der Waals surface area contributed by atoms with Gasteiger partial charge in [-0.2, -0.15) is 0 Å². The number of rotatable bonds is 8. The van der Waals surface area contributed by atoms with Gasteiger partial charge in [0.2, 0.25) is 0 Å². The highest BCUT2D eigenvalue weighted by molar-refractivity contribution is 6.03. The first-order valence-electron chi connectivity index (χ1n) is 12.6. The van der Waals surface area contributed by atoms with Crippen LogP contribution in [0, 0.1) is 5.82 Å². The molecule has 0 spiro atoms. The lowest BCUT2D eigenvalue weighted by atomic mass is 9.89. The number of carbonyl (C=O) groups is 2. The number of anilines is 3. The molecular formula is C25H31FN8O3. The molecule has 3 aromatic rings. The third-order valence-corrected chi connectivity index (χ3v) is 6.88. The molecule has 0 bridgehead atoms. The van der Waals surface area contributed by atoms with Crippen molar-refractivity contribution in [2.24, 2.45) is 0 Å². The van der Waals surface area contributed by atoms with Crippen LogP contribution in [0.25, 0.3) is 5.65 Å². The van der Waals surface area contributed by atoms with Gasteiger partial charge in [0, 0.05) is 36.4 Å². The van der Waals surface area contributed by atoms with E-state index in [9.17, 15) is 19.1 Å². The molecule has 3 heterocycles. The van der Waals surface area contributed by atoms with Gasteiger partial charge in [0.1, 0.15) is 5.82 Å². The third kappa shape index (κ3) is 5.42. The van der Waals surface area contributed by atoms with Crippen molar-refractivity contribution in [2.45, 2.75) is 76.5 Å². The maximum atomic E-state index is 14.0. The minimum absolute atomic E-state index is 0.00406. The lowest BCUT2D eigenvalue weighted by molar-refractivity contribution is 0.0916. The monoisotopic (exact) mass is 510 g/mol. The van der Waals surface area contributed by atoms with Crippen molar-refractivity contribution in [2.75, 3.05) is 16.0 Å². The summed E-state index contributed by atoms with van der Waals surface area (Å²) in [5.74, 6) is -0.589. The Balaban J connectivity index is 1.36. The molecule has 196 valence electrons. The van der Waals surface area contributed by atoms with Crippen molar-refractivity contribution in [3.8, 4) is 0 Å². The molecule has 0 aromatic carbocycles. The predicted molar refractivity (Wildman–Crippen MR) is 136 cm³/mol. The molecule has 0 saturated heterocycles. The summed E-state index contributed by atoms with van der Waals surface area (Å²) in [5, 5.41) is 23.7. The number of halogens is 1. The number of imidazole rings is 1. The summed E-state index contributed by atoms with van der Waals surface area (Å²) in [5.41, 5.74) is 1.47. The van der Waals surface area contributed by atoms with Crippen molar-refractivity contribution in [3.05, 3.63) is 42.2 Å². The molecule has 2 aliphatic rings. The van der Waals surface area contributed by atoms with E-state index >= 15 is 0 Å². The summed E-state index contributed by atoms with van der Waals surface area (Å²) in [6, 6.07) is 3.68. The average molecular weight is 511 g/mol. The van der Waals surface area contributed by atoms with Gasteiger partial charge in [0.25, 0.3) is 5.91 Å². The van der Waals surface area contributed by atoms with E-state index in [-0.39, 0.29) is 29.5 Å². The van der Waals surface area contributed by atoms with Gasteiger partial charge in [-0.1, -0.05) is 0 Å². The second kappa shape index (κ2) is 10.2. The van der Waals surface area contributed by atoms with E-state index in [0.717, 1.165) is 50.4 Å². The van der Waals surface area contributed by atoms with Crippen molar-refractivity contribution in [1.82, 2.24) is 24.5 Å². The number of nitrogens with zero attached hydrogens (tertiary/aromatic N) is 5. The van der Waals surface area contributed by atoms with Gasteiger partial charge in [-0.15, -0.1) is 5.10 Å². The minimum Gasteiger partial charge on any atom is -0.465 e. The molecule has 11 nitrogen and oxygen atoms in total. The fourth-order valence-electron chi connectivity index (χ4n) is 4.92. The van der Waals surface area contributed by atoms with Crippen molar-refractivity contribution in [1.29, 1.82) is 0 Å². The van der Waals surface area contributed by atoms with E-state index in [1.165, 1.54) is 23.0 Å². The largest absolute Gasteiger partial charge is 0.465 e. The van der Waals surface area contributed by atoms with Crippen LogP contribution < -0.4 is 16.0 Å². The van der Waals surface area contributed by atoms with Gasteiger partial charge < -0.3 is 26.0 Å².